The second-order valence-corrected chi connectivity index (χ2v) is 5.24. The summed E-state index contributed by atoms with van der Waals surface area (Å²) < 4.78 is 27.3. The minimum absolute atomic E-state index is 0.137. The van der Waals surface area contributed by atoms with E-state index in [1.807, 2.05) is 0 Å². The summed E-state index contributed by atoms with van der Waals surface area (Å²) in [6, 6.07) is 6.65. The Morgan fingerprint density at radius 3 is 2.37 bits per heavy atom. The van der Waals surface area contributed by atoms with Crippen molar-refractivity contribution >= 4 is 28.6 Å². The summed E-state index contributed by atoms with van der Waals surface area (Å²) in [4.78, 5) is 10.8. The first-order chi connectivity index (χ1) is 8.90. The maximum absolute atomic E-state index is 13.8. The lowest BCUT2D eigenvalue weighted by molar-refractivity contribution is 0.0697. The van der Waals surface area contributed by atoms with Crippen molar-refractivity contribution in [2.75, 3.05) is 0 Å². The summed E-state index contributed by atoms with van der Waals surface area (Å²) >= 11 is 1.79. The van der Waals surface area contributed by atoms with E-state index in [1.165, 1.54) is 24.3 Å². The fourth-order valence-electron chi connectivity index (χ4n) is 1.83. The molecular formula is C14H9F2IO2. The van der Waals surface area contributed by atoms with Crippen molar-refractivity contribution in [2.24, 2.45) is 0 Å². The van der Waals surface area contributed by atoms with Gasteiger partial charge in [0.1, 0.15) is 11.6 Å². The normalized spacial score (nSPS) is 10.5. The predicted octanol–water partition coefficient (Wildman–Crippen LogP) is 4.24. The highest BCUT2D eigenvalue weighted by atomic mass is 127. The van der Waals surface area contributed by atoms with Gasteiger partial charge in [0.2, 0.25) is 0 Å². The fraction of sp³-hybridized carbons (Fsp3) is 0.0714. The van der Waals surface area contributed by atoms with Gasteiger partial charge in [0.15, 0.2) is 0 Å². The lowest BCUT2D eigenvalue weighted by atomic mass is 9.98. The highest BCUT2D eigenvalue weighted by molar-refractivity contribution is 14.1. The molecule has 0 heterocycles. The van der Waals surface area contributed by atoms with Crippen LogP contribution in [0.4, 0.5) is 8.78 Å². The van der Waals surface area contributed by atoms with E-state index >= 15 is 0 Å². The number of hydrogen-bond acceptors (Lipinski definition) is 1. The van der Waals surface area contributed by atoms with Crippen LogP contribution >= 0.6 is 22.6 Å². The topological polar surface area (TPSA) is 37.3 Å². The summed E-state index contributed by atoms with van der Waals surface area (Å²) in [6.45, 7) is 1.69. The Hall–Kier alpha value is -1.50. The van der Waals surface area contributed by atoms with Gasteiger partial charge in [-0.15, -0.1) is 0 Å². The maximum atomic E-state index is 13.8. The number of rotatable bonds is 2. The van der Waals surface area contributed by atoms with Crippen molar-refractivity contribution in [1.82, 2.24) is 0 Å². The molecule has 0 aromatic heterocycles. The molecule has 0 bridgehead atoms. The van der Waals surface area contributed by atoms with Gasteiger partial charge in [0.25, 0.3) is 0 Å². The lowest BCUT2D eigenvalue weighted by Crippen LogP contribution is -1.98. The van der Waals surface area contributed by atoms with Crippen LogP contribution in [0.3, 0.4) is 0 Å². The zero-order valence-corrected chi connectivity index (χ0v) is 12.0. The molecule has 2 aromatic rings. The summed E-state index contributed by atoms with van der Waals surface area (Å²) in [7, 11) is 0. The second kappa shape index (κ2) is 5.24. The highest BCUT2D eigenvalue weighted by Gasteiger charge is 2.13. The van der Waals surface area contributed by atoms with E-state index in [0.717, 1.165) is 6.07 Å². The largest absolute Gasteiger partial charge is 0.478 e. The van der Waals surface area contributed by atoms with Crippen LogP contribution in [0.25, 0.3) is 11.1 Å². The van der Waals surface area contributed by atoms with Crippen LogP contribution in [0, 0.1) is 22.1 Å². The van der Waals surface area contributed by atoms with Gasteiger partial charge in [-0.25, -0.2) is 13.6 Å². The van der Waals surface area contributed by atoms with Gasteiger partial charge < -0.3 is 5.11 Å². The van der Waals surface area contributed by atoms with E-state index in [-0.39, 0.29) is 11.1 Å². The molecule has 0 amide bonds. The molecule has 0 spiro atoms. The molecule has 2 rings (SSSR count). The van der Waals surface area contributed by atoms with E-state index in [9.17, 15) is 13.6 Å². The number of hydrogen-bond donors (Lipinski definition) is 1. The number of benzene rings is 2. The molecule has 0 saturated heterocycles. The number of carboxylic acids is 1. The zero-order chi connectivity index (χ0) is 14.2. The molecule has 5 heteroatoms. The van der Waals surface area contributed by atoms with Crippen LogP contribution in [0.5, 0.6) is 0 Å². The van der Waals surface area contributed by atoms with Crippen LogP contribution < -0.4 is 0 Å². The Kier molecular flexibility index (Phi) is 3.84. The summed E-state index contributed by atoms with van der Waals surface area (Å²) in [6.07, 6.45) is 0. The molecule has 1 N–H and O–H groups in total. The molecule has 0 saturated carbocycles. The number of carbonyl (C=O) groups is 1. The second-order valence-electron chi connectivity index (χ2n) is 4.08. The third-order valence-corrected chi connectivity index (χ3v) is 3.60. The van der Waals surface area contributed by atoms with Crippen molar-refractivity contribution in [3.8, 4) is 11.1 Å². The van der Waals surface area contributed by atoms with E-state index in [2.05, 4.69) is 0 Å². The lowest BCUT2D eigenvalue weighted by Gasteiger charge is -2.09. The smallest absolute Gasteiger partial charge is 0.335 e. The minimum Gasteiger partial charge on any atom is -0.478 e. The Morgan fingerprint density at radius 1 is 1.11 bits per heavy atom. The molecule has 0 aliphatic heterocycles. The molecule has 0 atom stereocenters. The van der Waals surface area contributed by atoms with Gasteiger partial charge in [-0.2, -0.15) is 0 Å². The molecule has 98 valence electrons. The SMILES string of the molecule is Cc1cc(C(=O)O)ccc1-c1cc(I)c(F)cc1F. The predicted molar refractivity (Wildman–Crippen MR) is 76.2 cm³/mol. The van der Waals surface area contributed by atoms with Gasteiger partial charge >= 0.3 is 5.97 Å². The van der Waals surface area contributed by atoms with Crippen molar-refractivity contribution in [3.63, 3.8) is 0 Å². The Morgan fingerprint density at radius 2 is 1.79 bits per heavy atom. The van der Waals surface area contributed by atoms with Crippen molar-refractivity contribution in [2.45, 2.75) is 6.92 Å². The number of carboxylic acid groups (broad SMARTS) is 1. The fourth-order valence-corrected chi connectivity index (χ4v) is 2.29. The summed E-state index contributed by atoms with van der Waals surface area (Å²) in [5, 5.41) is 8.88. The van der Waals surface area contributed by atoms with Gasteiger partial charge in [0.05, 0.1) is 5.56 Å². The Bertz CT molecular complexity index is 669. The maximum Gasteiger partial charge on any atom is 0.335 e. The van der Waals surface area contributed by atoms with Crippen LogP contribution in [-0.2, 0) is 0 Å². The molecule has 0 aliphatic rings. The molecule has 0 radical (unpaired) electrons. The third kappa shape index (κ3) is 2.75. The van der Waals surface area contributed by atoms with E-state index in [1.54, 1.807) is 29.5 Å². The number of aryl methyl sites for hydroxylation is 1. The van der Waals surface area contributed by atoms with Gasteiger partial charge in [-0.3, -0.25) is 0 Å². The van der Waals surface area contributed by atoms with Crippen molar-refractivity contribution in [1.29, 1.82) is 0 Å². The molecule has 0 aliphatic carbocycles. The number of halogens is 3. The highest BCUT2D eigenvalue weighted by Crippen LogP contribution is 2.29. The van der Waals surface area contributed by atoms with E-state index in [4.69, 9.17) is 5.11 Å². The van der Waals surface area contributed by atoms with Crippen molar-refractivity contribution in [3.05, 3.63) is 56.7 Å². The average molecular weight is 374 g/mol. The first-order valence-electron chi connectivity index (χ1n) is 5.39. The zero-order valence-electron chi connectivity index (χ0n) is 9.88. The summed E-state index contributed by atoms with van der Waals surface area (Å²) in [5.41, 5.74) is 1.58. The molecule has 2 nitrogen and oxygen atoms in total. The number of aromatic carboxylic acids is 1. The molecule has 2 aromatic carbocycles. The molecule has 0 fully saturated rings. The monoisotopic (exact) mass is 374 g/mol. The van der Waals surface area contributed by atoms with Gasteiger partial charge in [0, 0.05) is 15.2 Å². The van der Waals surface area contributed by atoms with Gasteiger partial charge in [-0.1, -0.05) is 6.07 Å². The molecule has 0 unspecified atom stereocenters. The van der Waals surface area contributed by atoms with Crippen LogP contribution in [0.2, 0.25) is 0 Å². The first-order valence-corrected chi connectivity index (χ1v) is 6.47. The minimum atomic E-state index is -1.04. The van der Waals surface area contributed by atoms with Crippen LogP contribution in [0.1, 0.15) is 15.9 Å². The van der Waals surface area contributed by atoms with E-state index < -0.39 is 17.6 Å². The average Bonchev–Trinajstić information content (AvgIpc) is 2.34. The quantitative estimate of drug-likeness (QED) is 0.631. The first kappa shape index (κ1) is 13.9. The van der Waals surface area contributed by atoms with Crippen molar-refractivity contribution < 1.29 is 18.7 Å². The standard InChI is InChI=1S/C14H9F2IO2/c1-7-4-8(14(18)19)2-3-9(7)10-5-13(17)12(16)6-11(10)15/h2-6H,1H3,(H,18,19). The van der Waals surface area contributed by atoms with Crippen LogP contribution in [0.15, 0.2) is 30.3 Å². The Labute approximate surface area is 122 Å². The molecular weight excluding hydrogens is 365 g/mol. The summed E-state index contributed by atoms with van der Waals surface area (Å²) in [5.74, 6) is -2.31. The molecule has 19 heavy (non-hydrogen) atoms. The Balaban J connectivity index is 2.59. The third-order valence-electron chi connectivity index (χ3n) is 2.77. The van der Waals surface area contributed by atoms with Gasteiger partial charge in [-0.05, 0) is 58.8 Å². The van der Waals surface area contributed by atoms with E-state index in [0.29, 0.717) is 14.7 Å². The van der Waals surface area contributed by atoms with Crippen LogP contribution in [-0.4, -0.2) is 11.1 Å².